The first-order valence-corrected chi connectivity index (χ1v) is 5.43. The minimum atomic E-state index is -5.28. The maximum absolute atomic E-state index is 11.7. The first-order valence-electron chi connectivity index (χ1n) is 2.48. The van der Waals surface area contributed by atoms with Crippen LogP contribution in [0.1, 0.15) is 6.92 Å². The Morgan fingerprint density at radius 2 is 2.18 bits per heavy atom. The minimum Gasteiger partial charge on any atom is -0.309 e. The molecule has 0 saturated heterocycles. The molecule has 0 aliphatic heterocycles. The van der Waals surface area contributed by atoms with Crippen molar-refractivity contribution in [2.24, 2.45) is 0 Å². The maximum atomic E-state index is 11.7. The Morgan fingerprint density at radius 3 is 2.45 bits per heavy atom. The molecule has 1 atom stereocenters. The smallest absolute Gasteiger partial charge is 0.309 e. The monoisotopic (exact) mass is 207 g/mol. The number of hydrogen-bond donors (Lipinski definition) is 2. The summed E-state index contributed by atoms with van der Waals surface area (Å²) in [6, 6.07) is 0. The van der Waals surface area contributed by atoms with Crippen LogP contribution in [0.3, 0.4) is 0 Å². The van der Waals surface area contributed by atoms with Gasteiger partial charge in [-0.2, -0.15) is 8.42 Å². The second kappa shape index (κ2) is 3.59. The van der Waals surface area contributed by atoms with Crippen LogP contribution < -0.4 is 4.49 Å². The fourth-order valence-corrected chi connectivity index (χ4v) is 1.94. The second-order valence-electron chi connectivity index (χ2n) is 1.45. The third-order valence-electron chi connectivity index (χ3n) is 0.497. The molecule has 0 aromatic carbocycles. The summed E-state index contributed by atoms with van der Waals surface area (Å²) in [6.07, 6.45) is 0. The van der Waals surface area contributed by atoms with E-state index in [4.69, 9.17) is 4.89 Å². The molecule has 0 amide bonds. The Morgan fingerprint density at radius 1 is 1.73 bits per heavy atom. The molecule has 0 bridgehead atoms. The summed E-state index contributed by atoms with van der Waals surface area (Å²) in [5, 5.41) is 0. The van der Waals surface area contributed by atoms with Gasteiger partial charge in [0.1, 0.15) is 0 Å². The molecular formula is C2H7FNO5PS. The molecule has 0 aromatic heterocycles. The molecule has 1 unspecified atom stereocenters. The molecular weight excluding hydrogens is 200 g/mol. The summed E-state index contributed by atoms with van der Waals surface area (Å²) in [5.74, 6) is 0. The highest BCUT2D eigenvalue weighted by atomic mass is 32.2. The highest BCUT2D eigenvalue weighted by Gasteiger charge is 2.25. The normalized spacial score (nSPS) is 17.7. The van der Waals surface area contributed by atoms with Gasteiger partial charge < -0.3 is 4.89 Å². The van der Waals surface area contributed by atoms with E-state index in [0.717, 1.165) is 4.49 Å². The number of rotatable bonds is 4. The van der Waals surface area contributed by atoms with E-state index in [-0.39, 0.29) is 6.61 Å². The molecule has 0 spiro atoms. The molecule has 9 heteroatoms. The molecule has 0 aliphatic carbocycles. The van der Waals surface area contributed by atoms with Crippen molar-refractivity contribution >= 4 is 18.1 Å². The molecule has 0 saturated carbocycles. The van der Waals surface area contributed by atoms with Crippen LogP contribution in [0, 0.1) is 0 Å². The Hall–Kier alpha value is -0.0100. The van der Waals surface area contributed by atoms with Crippen LogP contribution in [0.2, 0.25) is 0 Å². The fraction of sp³-hybridized carbons (Fsp3) is 1.00. The molecule has 11 heavy (non-hydrogen) atoms. The van der Waals surface area contributed by atoms with Crippen molar-refractivity contribution in [1.29, 1.82) is 0 Å². The summed E-state index contributed by atoms with van der Waals surface area (Å²) in [4.78, 5) is 7.90. The van der Waals surface area contributed by atoms with Crippen LogP contribution in [-0.4, -0.2) is 19.9 Å². The average molecular weight is 207 g/mol. The van der Waals surface area contributed by atoms with Gasteiger partial charge in [-0.1, -0.05) is 4.49 Å². The topological polar surface area (TPSA) is 92.7 Å². The van der Waals surface area contributed by atoms with E-state index < -0.39 is 18.1 Å². The summed E-state index contributed by atoms with van der Waals surface area (Å²) in [6.45, 7) is 1.09. The van der Waals surface area contributed by atoms with Crippen molar-refractivity contribution in [3.05, 3.63) is 0 Å². The van der Waals surface area contributed by atoms with Gasteiger partial charge in [0.15, 0.2) is 0 Å². The van der Waals surface area contributed by atoms with Crippen LogP contribution in [-0.2, 0) is 19.1 Å². The Bertz CT molecular complexity index is 256. The van der Waals surface area contributed by atoms with Crippen LogP contribution in [0.25, 0.3) is 0 Å². The van der Waals surface area contributed by atoms with E-state index in [0.29, 0.717) is 0 Å². The molecule has 0 heterocycles. The van der Waals surface area contributed by atoms with Crippen molar-refractivity contribution in [2.45, 2.75) is 6.92 Å². The van der Waals surface area contributed by atoms with Crippen molar-refractivity contribution < 1.29 is 26.3 Å². The molecule has 0 aromatic rings. The molecule has 68 valence electrons. The molecule has 0 fully saturated rings. The van der Waals surface area contributed by atoms with Gasteiger partial charge >= 0.3 is 18.1 Å². The first-order chi connectivity index (χ1) is 4.77. The molecule has 6 nitrogen and oxygen atoms in total. The van der Waals surface area contributed by atoms with E-state index >= 15 is 0 Å². The summed E-state index contributed by atoms with van der Waals surface area (Å²) < 4.78 is 46.9. The number of hydrogen-bond acceptors (Lipinski definition) is 4. The van der Waals surface area contributed by atoms with Crippen LogP contribution >= 0.6 is 7.83 Å². The highest BCUT2D eigenvalue weighted by Crippen LogP contribution is 2.37. The predicted octanol–water partition coefficient (Wildman–Crippen LogP) is -0.0728. The van der Waals surface area contributed by atoms with E-state index in [2.05, 4.69) is 4.18 Å². The largest absolute Gasteiger partial charge is 0.455 e. The van der Waals surface area contributed by atoms with Crippen molar-refractivity contribution in [2.75, 3.05) is 6.61 Å². The third kappa shape index (κ3) is 6.39. The molecule has 0 rings (SSSR count). The van der Waals surface area contributed by atoms with Crippen LogP contribution in [0.15, 0.2) is 0 Å². The lowest BCUT2D eigenvalue weighted by Crippen LogP contribution is -2.21. The molecule has 0 radical (unpaired) electrons. The zero-order valence-electron chi connectivity index (χ0n) is 5.52. The van der Waals surface area contributed by atoms with Crippen LogP contribution in [0.4, 0.5) is 4.20 Å². The lowest BCUT2D eigenvalue weighted by molar-refractivity contribution is 0.331. The zero-order chi connectivity index (χ0) is 9.12. The SMILES string of the molecule is CCOS(=O)(=O)NP(=O)(O)F. The Labute approximate surface area is 63.3 Å². The Balaban J connectivity index is 4.27. The summed E-state index contributed by atoms with van der Waals surface area (Å²) in [7, 11) is -9.71. The number of nitrogens with one attached hydrogen (secondary N) is 1. The van der Waals surface area contributed by atoms with E-state index in [1.165, 1.54) is 6.92 Å². The van der Waals surface area contributed by atoms with Gasteiger partial charge in [-0.25, -0.2) is 4.57 Å². The fourth-order valence-electron chi connectivity index (χ4n) is 0.319. The lowest BCUT2D eigenvalue weighted by Gasteiger charge is -2.03. The van der Waals surface area contributed by atoms with Crippen molar-refractivity contribution in [3.8, 4) is 0 Å². The van der Waals surface area contributed by atoms with E-state index in [1.807, 2.05) is 0 Å². The third-order valence-corrected chi connectivity index (χ3v) is 2.84. The minimum absolute atomic E-state index is 0.241. The average Bonchev–Trinajstić information content (AvgIpc) is 1.55. The van der Waals surface area contributed by atoms with Crippen LogP contribution in [0.5, 0.6) is 0 Å². The van der Waals surface area contributed by atoms with Gasteiger partial charge in [0, 0.05) is 0 Å². The van der Waals surface area contributed by atoms with Gasteiger partial charge in [-0.05, 0) is 6.92 Å². The van der Waals surface area contributed by atoms with Crippen molar-refractivity contribution in [1.82, 2.24) is 4.49 Å². The van der Waals surface area contributed by atoms with Gasteiger partial charge in [0.05, 0.1) is 6.61 Å². The molecule has 0 aliphatic rings. The lowest BCUT2D eigenvalue weighted by atomic mass is 10.9. The van der Waals surface area contributed by atoms with E-state index in [1.54, 1.807) is 0 Å². The maximum Gasteiger partial charge on any atom is 0.455 e. The van der Waals surface area contributed by atoms with Gasteiger partial charge in [0.2, 0.25) is 0 Å². The van der Waals surface area contributed by atoms with E-state index in [9.17, 15) is 17.2 Å². The predicted molar refractivity (Wildman–Crippen MR) is 34.6 cm³/mol. The van der Waals surface area contributed by atoms with Gasteiger partial charge in [-0.15, -0.1) is 4.20 Å². The van der Waals surface area contributed by atoms with Crippen molar-refractivity contribution in [3.63, 3.8) is 0 Å². The highest BCUT2D eigenvalue weighted by molar-refractivity contribution is 7.90. The van der Waals surface area contributed by atoms with Gasteiger partial charge in [-0.3, -0.25) is 4.18 Å². The standard InChI is InChI=1S/C2H7FNO5PS/c1-2-9-11(7,8)4-10(3,5)6/h2H2,1H3,(H2,4,5,6). The first kappa shape index (κ1) is 11.0. The van der Waals surface area contributed by atoms with Gasteiger partial charge in [0.25, 0.3) is 0 Å². The second-order valence-corrected chi connectivity index (χ2v) is 4.33. The zero-order valence-corrected chi connectivity index (χ0v) is 7.23. The molecule has 2 N–H and O–H groups in total. The summed E-state index contributed by atoms with van der Waals surface area (Å²) in [5.41, 5.74) is 0. The number of halogens is 1. The Kier molecular flexibility index (Phi) is 3.59. The quantitative estimate of drug-likeness (QED) is 0.629. The summed E-state index contributed by atoms with van der Waals surface area (Å²) >= 11 is 0.